The van der Waals surface area contributed by atoms with Crippen LogP contribution in [0.4, 0.5) is 0 Å². The Bertz CT molecular complexity index is 1390. The number of aromatic hydroxyl groups is 1. The first-order valence-corrected chi connectivity index (χ1v) is 10.7. The number of amides is 1. The molecule has 4 rings (SSSR count). The predicted octanol–water partition coefficient (Wildman–Crippen LogP) is 4.89. The molecule has 0 saturated heterocycles. The van der Waals surface area contributed by atoms with Crippen molar-refractivity contribution in [3.05, 3.63) is 75.9 Å². The molecule has 7 nitrogen and oxygen atoms in total. The number of hydrogen-bond donors (Lipinski definition) is 3. The SMILES string of the molecule is CCCCCNC(=O)c1ccc(C(=O)O)c(-c2c3ccc(=O)cc-3oc3cc(O)ccc23)c1. The largest absolute Gasteiger partial charge is 0.508 e. The number of carbonyl (C=O) groups is 2. The summed E-state index contributed by atoms with van der Waals surface area (Å²) in [5.41, 5.74) is 1.70. The first-order valence-electron chi connectivity index (χ1n) is 10.7. The molecule has 2 aliphatic rings. The molecule has 2 aromatic carbocycles. The van der Waals surface area contributed by atoms with Gasteiger partial charge in [-0.3, -0.25) is 9.59 Å². The van der Waals surface area contributed by atoms with Gasteiger partial charge in [-0.25, -0.2) is 4.79 Å². The number of carboxylic acid groups (broad SMARTS) is 1. The number of nitrogens with one attached hydrogen (secondary N) is 1. The number of hydrogen-bond acceptors (Lipinski definition) is 5. The van der Waals surface area contributed by atoms with E-state index in [4.69, 9.17) is 4.42 Å². The van der Waals surface area contributed by atoms with Gasteiger partial charge in [0.05, 0.1) is 5.56 Å². The third-order valence-electron chi connectivity index (χ3n) is 5.52. The van der Waals surface area contributed by atoms with Gasteiger partial charge in [-0.1, -0.05) is 19.8 Å². The quantitative estimate of drug-likeness (QED) is 0.275. The van der Waals surface area contributed by atoms with E-state index in [9.17, 15) is 24.6 Å². The minimum atomic E-state index is -1.15. The van der Waals surface area contributed by atoms with Crippen molar-refractivity contribution in [3.63, 3.8) is 0 Å². The second-order valence-corrected chi connectivity index (χ2v) is 7.84. The number of rotatable bonds is 7. The third kappa shape index (κ3) is 4.43. The van der Waals surface area contributed by atoms with Gasteiger partial charge in [0.25, 0.3) is 5.91 Å². The number of carbonyl (C=O) groups excluding carboxylic acids is 1. The van der Waals surface area contributed by atoms with Crippen molar-refractivity contribution in [2.45, 2.75) is 26.2 Å². The summed E-state index contributed by atoms with van der Waals surface area (Å²) in [6.07, 6.45) is 2.90. The van der Waals surface area contributed by atoms with Crippen molar-refractivity contribution in [1.29, 1.82) is 0 Å². The Morgan fingerprint density at radius 2 is 1.79 bits per heavy atom. The Balaban J connectivity index is 1.95. The zero-order valence-corrected chi connectivity index (χ0v) is 18.1. The highest BCUT2D eigenvalue weighted by atomic mass is 16.4. The maximum absolute atomic E-state index is 12.7. The lowest BCUT2D eigenvalue weighted by atomic mass is 9.89. The van der Waals surface area contributed by atoms with Crippen LogP contribution in [0.3, 0.4) is 0 Å². The summed E-state index contributed by atoms with van der Waals surface area (Å²) in [5, 5.41) is 23.2. The normalized spacial score (nSPS) is 11.1. The van der Waals surface area contributed by atoms with Crippen LogP contribution in [0.2, 0.25) is 0 Å². The predicted molar refractivity (Wildman–Crippen MR) is 125 cm³/mol. The first-order chi connectivity index (χ1) is 15.9. The van der Waals surface area contributed by atoms with Crippen LogP contribution < -0.4 is 10.7 Å². The van der Waals surface area contributed by atoms with Crippen LogP contribution in [-0.2, 0) is 0 Å². The van der Waals surface area contributed by atoms with Crippen LogP contribution in [0, 0.1) is 0 Å². The molecule has 168 valence electrons. The first kappa shape index (κ1) is 22.1. The summed E-state index contributed by atoms with van der Waals surface area (Å²) in [6.45, 7) is 2.61. The minimum Gasteiger partial charge on any atom is -0.508 e. The molecule has 2 aromatic rings. The molecule has 1 aliphatic carbocycles. The fourth-order valence-corrected chi connectivity index (χ4v) is 3.91. The van der Waals surface area contributed by atoms with E-state index in [1.54, 1.807) is 18.2 Å². The molecule has 0 radical (unpaired) electrons. The number of unbranched alkanes of at least 4 members (excludes halogenated alkanes) is 2. The zero-order valence-electron chi connectivity index (χ0n) is 18.1. The molecule has 1 aliphatic heterocycles. The van der Waals surface area contributed by atoms with E-state index in [0.29, 0.717) is 34.2 Å². The molecule has 7 heteroatoms. The van der Waals surface area contributed by atoms with Crippen LogP contribution >= 0.6 is 0 Å². The van der Waals surface area contributed by atoms with Crippen LogP contribution in [-0.4, -0.2) is 28.6 Å². The van der Waals surface area contributed by atoms with Crippen molar-refractivity contribution in [1.82, 2.24) is 5.32 Å². The molecular formula is C26H23NO6. The Kier molecular flexibility index (Phi) is 6.13. The molecule has 0 fully saturated rings. The summed E-state index contributed by atoms with van der Waals surface area (Å²) < 4.78 is 5.84. The summed E-state index contributed by atoms with van der Waals surface area (Å²) in [7, 11) is 0. The lowest BCUT2D eigenvalue weighted by molar-refractivity contribution is 0.0697. The molecule has 0 atom stereocenters. The summed E-state index contributed by atoms with van der Waals surface area (Å²) in [6, 6.07) is 13.2. The van der Waals surface area contributed by atoms with Crippen LogP contribution in [0.15, 0.2) is 63.8 Å². The van der Waals surface area contributed by atoms with Crippen molar-refractivity contribution < 1.29 is 24.2 Å². The van der Waals surface area contributed by atoms with Gasteiger partial charge in [0.15, 0.2) is 5.43 Å². The molecule has 33 heavy (non-hydrogen) atoms. The summed E-state index contributed by atoms with van der Waals surface area (Å²) >= 11 is 0. The smallest absolute Gasteiger partial charge is 0.336 e. The summed E-state index contributed by atoms with van der Waals surface area (Å²) in [4.78, 5) is 36.8. The van der Waals surface area contributed by atoms with E-state index in [1.165, 1.54) is 36.4 Å². The van der Waals surface area contributed by atoms with Crippen LogP contribution in [0.25, 0.3) is 33.4 Å². The maximum Gasteiger partial charge on any atom is 0.336 e. The van der Waals surface area contributed by atoms with E-state index in [1.807, 2.05) is 0 Å². The molecule has 0 aromatic heterocycles. The molecule has 0 spiro atoms. The fraction of sp³-hybridized carbons (Fsp3) is 0.192. The van der Waals surface area contributed by atoms with Crippen LogP contribution in [0.5, 0.6) is 5.75 Å². The zero-order chi connectivity index (χ0) is 23.5. The molecule has 1 amide bonds. The lowest BCUT2D eigenvalue weighted by Crippen LogP contribution is -2.24. The number of phenols is 1. The molecule has 3 N–H and O–H groups in total. The van der Waals surface area contributed by atoms with Gasteiger partial charge in [-0.2, -0.15) is 0 Å². The lowest BCUT2D eigenvalue weighted by Gasteiger charge is -2.17. The second-order valence-electron chi connectivity index (χ2n) is 7.84. The minimum absolute atomic E-state index is 0.00519. The molecule has 1 heterocycles. The van der Waals surface area contributed by atoms with E-state index < -0.39 is 5.97 Å². The average molecular weight is 445 g/mol. The molecule has 0 unspecified atom stereocenters. The Morgan fingerprint density at radius 3 is 2.55 bits per heavy atom. The van der Waals surface area contributed by atoms with Crippen molar-refractivity contribution in [2.24, 2.45) is 0 Å². The number of aromatic carboxylic acids is 1. The average Bonchev–Trinajstić information content (AvgIpc) is 2.79. The molecule has 0 saturated carbocycles. The summed E-state index contributed by atoms with van der Waals surface area (Å²) in [5.74, 6) is -1.23. The molecular weight excluding hydrogens is 422 g/mol. The Morgan fingerprint density at radius 1 is 0.970 bits per heavy atom. The number of benzene rings is 3. The molecule has 0 bridgehead atoms. The monoisotopic (exact) mass is 445 g/mol. The highest BCUT2D eigenvalue weighted by Gasteiger charge is 2.23. The highest BCUT2D eigenvalue weighted by Crippen LogP contribution is 2.42. The van der Waals surface area contributed by atoms with Gasteiger partial charge >= 0.3 is 5.97 Å². The maximum atomic E-state index is 12.7. The van der Waals surface area contributed by atoms with Gasteiger partial charge in [-0.15, -0.1) is 0 Å². The van der Waals surface area contributed by atoms with Crippen molar-refractivity contribution in [2.75, 3.05) is 6.54 Å². The third-order valence-corrected chi connectivity index (χ3v) is 5.52. The van der Waals surface area contributed by atoms with E-state index in [0.717, 1.165) is 19.3 Å². The van der Waals surface area contributed by atoms with Gasteiger partial charge < -0.3 is 19.9 Å². The number of carboxylic acids is 1. The van der Waals surface area contributed by atoms with Gasteiger partial charge in [-0.05, 0) is 54.4 Å². The highest BCUT2D eigenvalue weighted by molar-refractivity contribution is 6.09. The van der Waals surface area contributed by atoms with Gasteiger partial charge in [0, 0.05) is 40.8 Å². The van der Waals surface area contributed by atoms with E-state index >= 15 is 0 Å². The Hall–Kier alpha value is -4.13. The van der Waals surface area contributed by atoms with E-state index in [-0.39, 0.29) is 34.0 Å². The number of fused-ring (bicyclic) bond motifs is 2. The fourth-order valence-electron chi connectivity index (χ4n) is 3.91. The second kappa shape index (κ2) is 9.16. The van der Waals surface area contributed by atoms with Gasteiger partial charge in [0.2, 0.25) is 0 Å². The van der Waals surface area contributed by atoms with E-state index in [2.05, 4.69) is 12.2 Å². The Labute approximate surface area is 189 Å². The van der Waals surface area contributed by atoms with Crippen LogP contribution in [0.1, 0.15) is 46.9 Å². The standard InChI is InChI=1S/C26H23NO6/c1-2-3-4-11-27-25(30)15-5-8-18(26(31)32)21(12-15)24-19-9-6-16(28)13-22(19)33-23-14-17(29)7-10-20(23)24/h5-10,12-14,28H,2-4,11H2,1H3,(H,27,30)(H,31,32). The van der Waals surface area contributed by atoms with Crippen molar-refractivity contribution in [3.8, 4) is 28.2 Å². The topological polar surface area (TPSA) is 117 Å². The van der Waals surface area contributed by atoms with Gasteiger partial charge in [0.1, 0.15) is 17.1 Å². The number of phenolic OH excluding ortho intramolecular Hbond substituents is 1. The van der Waals surface area contributed by atoms with Crippen molar-refractivity contribution >= 4 is 22.8 Å².